The van der Waals surface area contributed by atoms with Gasteiger partial charge in [-0.25, -0.2) is 4.79 Å². The summed E-state index contributed by atoms with van der Waals surface area (Å²) < 4.78 is 5.82. The Kier molecular flexibility index (Phi) is 36.5. The van der Waals surface area contributed by atoms with E-state index in [0.29, 0.717) is 38.6 Å². The van der Waals surface area contributed by atoms with E-state index < -0.39 is 12.0 Å². The predicted molar refractivity (Wildman–Crippen MR) is 216 cm³/mol. The maximum Gasteiger partial charge on any atom is 0.326 e. The van der Waals surface area contributed by atoms with E-state index in [1.165, 1.54) is 83.5 Å². The summed E-state index contributed by atoms with van der Waals surface area (Å²) in [4.78, 5) is 36.0. The molecular weight excluding hydrogens is 636 g/mol. The second-order valence-corrected chi connectivity index (χ2v) is 14.0. The van der Waals surface area contributed by atoms with Crippen molar-refractivity contribution in [3.05, 3.63) is 48.6 Å². The fourth-order valence-corrected chi connectivity index (χ4v) is 5.90. The van der Waals surface area contributed by atoms with Gasteiger partial charge in [0.25, 0.3) is 0 Å². The number of carboxylic acids is 1. The maximum absolute atomic E-state index is 12.6. The fourth-order valence-electron chi connectivity index (χ4n) is 5.90. The number of carbonyl (C=O) groups is 3. The van der Waals surface area contributed by atoms with Gasteiger partial charge in [0, 0.05) is 12.8 Å². The molecule has 0 fully saturated rings. The Morgan fingerprint density at radius 1 is 0.588 bits per heavy atom. The number of hydrogen-bond acceptors (Lipinski definition) is 5. The van der Waals surface area contributed by atoms with Gasteiger partial charge in [-0.1, -0.05) is 140 Å². The van der Waals surface area contributed by atoms with Gasteiger partial charge in [-0.2, -0.15) is 0 Å². The molecule has 0 aliphatic carbocycles. The van der Waals surface area contributed by atoms with Gasteiger partial charge in [-0.05, 0) is 96.1 Å². The minimum absolute atomic E-state index is 0.107. The minimum atomic E-state index is -1.02. The Balaban J connectivity index is 3.89. The van der Waals surface area contributed by atoms with Gasteiger partial charge in [-0.15, -0.1) is 0 Å². The first-order valence-corrected chi connectivity index (χ1v) is 21.0. The number of nitrogens with two attached hydrogens (primary N) is 1. The quantitative estimate of drug-likeness (QED) is 0.0335. The van der Waals surface area contributed by atoms with Crippen LogP contribution in [0.2, 0.25) is 0 Å². The molecule has 0 spiro atoms. The number of allylic oxidation sites excluding steroid dienone is 7. The van der Waals surface area contributed by atoms with E-state index in [0.717, 1.165) is 64.2 Å². The third kappa shape index (κ3) is 35.5. The van der Waals surface area contributed by atoms with Gasteiger partial charge < -0.3 is 20.9 Å². The Labute approximate surface area is 313 Å². The van der Waals surface area contributed by atoms with E-state index in [1.807, 2.05) is 6.08 Å². The number of rotatable bonds is 37. The number of esters is 1. The highest BCUT2D eigenvalue weighted by Gasteiger charge is 2.19. The molecule has 294 valence electrons. The van der Waals surface area contributed by atoms with Crippen LogP contribution in [0.15, 0.2) is 48.6 Å². The molecule has 2 atom stereocenters. The molecular formula is C44H78N2O5. The monoisotopic (exact) mass is 715 g/mol. The number of unbranched alkanes of at least 4 members (excludes halogenated alkanes) is 17. The van der Waals surface area contributed by atoms with Crippen molar-refractivity contribution in [2.24, 2.45) is 5.73 Å². The van der Waals surface area contributed by atoms with Crippen LogP contribution in [-0.2, 0) is 19.1 Å². The van der Waals surface area contributed by atoms with Crippen LogP contribution in [-0.4, -0.2) is 41.6 Å². The van der Waals surface area contributed by atoms with Gasteiger partial charge in [0.15, 0.2) is 0 Å². The number of amides is 1. The molecule has 0 saturated heterocycles. The number of nitrogens with one attached hydrogen (secondary N) is 1. The molecule has 51 heavy (non-hydrogen) atoms. The average Bonchev–Trinajstić information content (AvgIpc) is 3.11. The highest BCUT2D eigenvalue weighted by atomic mass is 16.5. The lowest BCUT2D eigenvalue weighted by Gasteiger charge is -2.15. The van der Waals surface area contributed by atoms with E-state index in [4.69, 9.17) is 10.5 Å². The molecule has 0 aromatic rings. The van der Waals surface area contributed by atoms with Gasteiger partial charge in [0.2, 0.25) is 5.91 Å². The van der Waals surface area contributed by atoms with Crippen LogP contribution >= 0.6 is 0 Å². The Morgan fingerprint density at radius 3 is 1.69 bits per heavy atom. The largest absolute Gasteiger partial charge is 0.480 e. The summed E-state index contributed by atoms with van der Waals surface area (Å²) in [6.07, 6.45) is 46.4. The van der Waals surface area contributed by atoms with Crippen molar-refractivity contribution in [3.63, 3.8) is 0 Å². The Morgan fingerprint density at radius 2 is 1.12 bits per heavy atom. The van der Waals surface area contributed by atoms with Gasteiger partial charge >= 0.3 is 11.9 Å². The zero-order valence-electron chi connectivity index (χ0n) is 32.9. The van der Waals surface area contributed by atoms with E-state index >= 15 is 0 Å². The summed E-state index contributed by atoms with van der Waals surface area (Å²) in [5, 5.41) is 11.9. The number of ether oxygens (including phenoxy) is 1. The molecule has 1 amide bonds. The van der Waals surface area contributed by atoms with E-state index in [1.54, 1.807) is 0 Å². The lowest BCUT2D eigenvalue weighted by Crippen LogP contribution is -2.40. The molecule has 0 aromatic heterocycles. The number of aliphatic carboxylic acids is 1. The molecule has 0 saturated carbocycles. The first-order valence-electron chi connectivity index (χ1n) is 21.0. The van der Waals surface area contributed by atoms with Crippen LogP contribution in [0.4, 0.5) is 0 Å². The van der Waals surface area contributed by atoms with Crippen molar-refractivity contribution < 1.29 is 24.2 Å². The van der Waals surface area contributed by atoms with Crippen LogP contribution in [0.1, 0.15) is 194 Å². The topological polar surface area (TPSA) is 119 Å². The van der Waals surface area contributed by atoms with Crippen molar-refractivity contribution in [1.29, 1.82) is 0 Å². The number of hydrogen-bond donors (Lipinski definition) is 3. The van der Waals surface area contributed by atoms with Crippen LogP contribution in [0, 0.1) is 0 Å². The zero-order valence-corrected chi connectivity index (χ0v) is 32.9. The van der Waals surface area contributed by atoms with Crippen molar-refractivity contribution >= 4 is 17.8 Å². The smallest absolute Gasteiger partial charge is 0.326 e. The molecule has 0 aromatic carbocycles. The summed E-state index contributed by atoms with van der Waals surface area (Å²) in [7, 11) is 0. The number of carboxylic acid groups (broad SMARTS) is 1. The standard InChI is InChI=1S/C44H78N2O5/c1-3-5-7-8-9-10-11-12-13-14-15-16-17-18-19-20-21-22-23-24-25-26-32-38-43(48)51-40(34-29-6-4-2)35-30-27-28-31-37-42(47)46-41(44(49)50)36-33-39-45/h11-12,14-15,17-18,29,34,40-41H,3-10,13,16,19-28,30-33,35-39,45H2,1-2H3,(H,46,47)(H,49,50)/b12-11-,15-14-,18-17-,34-29-. The molecule has 4 N–H and O–H groups in total. The summed E-state index contributed by atoms with van der Waals surface area (Å²) in [5.74, 6) is -1.35. The summed E-state index contributed by atoms with van der Waals surface area (Å²) >= 11 is 0. The molecule has 0 radical (unpaired) electrons. The van der Waals surface area contributed by atoms with Crippen LogP contribution in [0.3, 0.4) is 0 Å². The van der Waals surface area contributed by atoms with E-state index in [9.17, 15) is 19.5 Å². The Bertz CT molecular complexity index is 942. The first kappa shape index (κ1) is 48.3. The normalized spacial score (nSPS) is 13.2. The molecule has 0 heterocycles. The fraction of sp³-hybridized carbons (Fsp3) is 0.750. The summed E-state index contributed by atoms with van der Waals surface area (Å²) in [6, 6.07) is -0.870. The summed E-state index contributed by atoms with van der Waals surface area (Å²) in [6.45, 7) is 4.80. The van der Waals surface area contributed by atoms with Gasteiger partial charge in [-0.3, -0.25) is 9.59 Å². The molecule has 2 unspecified atom stereocenters. The Hall–Kier alpha value is -2.67. The van der Waals surface area contributed by atoms with Gasteiger partial charge in [0.05, 0.1) is 0 Å². The molecule has 7 nitrogen and oxygen atoms in total. The highest BCUT2D eigenvalue weighted by Crippen LogP contribution is 2.15. The van der Waals surface area contributed by atoms with Crippen molar-refractivity contribution in [2.75, 3.05) is 6.54 Å². The second kappa shape index (κ2) is 38.6. The van der Waals surface area contributed by atoms with E-state index in [2.05, 4.69) is 61.7 Å². The van der Waals surface area contributed by atoms with E-state index in [-0.39, 0.29) is 18.0 Å². The summed E-state index contributed by atoms with van der Waals surface area (Å²) in [5.41, 5.74) is 5.46. The molecule has 0 aliphatic heterocycles. The maximum atomic E-state index is 12.6. The van der Waals surface area contributed by atoms with Crippen molar-refractivity contribution in [2.45, 2.75) is 206 Å². The first-order chi connectivity index (χ1) is 24.9. The van der Waals surface area contributed by atoms with Crippen molar-refractivity contribution in [1.82, 2.24) is 5.32 Å². The van der Waals surface area contributed by atoms with Crippen LogP contribution < -0.4 is 11.1 Å². The lowest BCUT2D eigenvalue weighted by molar-refractivity contribution is -0.147. The number of carbonyl (C=O) groups excluding carboxylic acids is 2. The van der Waals surface area contributed by atoms with Crippen LogP contribution in [0.25, 0.3) is 0 Å². The van der Waals surface area contributed by atoms with Gasteiger partial charge in [0.1, 0.15) is 12.1 Å². The third-order valence-electron chi connectivity index (χ3n) is 9.08. The molecule has 0 aliphatic rings. The lowest BCUT2D eigenvalue weighted by atomic mass is 10.1. The molecule has 0 bridgehead atoms. The average molecular weight is 715 g/mol. The second-order valence-electron chi connectivity index (χ2n) is 14.0. The minimum Gasteiger partial charge on any atom is -0.480 e. The molecule has 0 rings (SSSR count). The van der Waals surface area contributed by atoms with Crippen LogP contribution in [0.5, 0.6) is 0 Å². The highest BCUT2D eigenvalue weighted by molar-refractivity contribution is 5.83. The van der Waals surface area contributed by atoms with Crippen molar-refractivity contribution in [3.8, 4) is 0 Å². The SMILES string of the molecule is CCC/C=C\C(CCCCCCC(=O)NC(CCCN)C(=O)O)OC(=O)CCCCCCCCCC/C=C\C/C=C\C/C=C\CCCCCCC. The third-order valence-corrected chi connectivity index (χ3v) is 9.08. The molecule has 7 heteroatoms. The predicted octanol–water partition coefficient (Wildman–Crippen LogP) is 11.6. The zero-order chi connectivity index (χ0) is 37.5.